The smallest absolute Gasteiger partial charge is 0.277 e. The van der Waals surface area contributed by atoms with E-state index in [4.69, 9.17) is 9.47 Å². The van der Waals surface area contributed by atoms with Gasteiger partial charge in [-0.05, 0) is 26.0 Å². The maximum atomic E-state index is 12.7. The molecule has 0 spiro atoms. The number of para-hydroxylation sites is 2. The molecule has 0 aliphatic carbocycles. The molecule has 1 aromatic rings. The first kappa shape index (κ1) is 18.0. The maximum absolute atomic E-state index is 12.7. The van der Waals surface area contributed by atoms with Gasteiger partial charge in [-0.3, -0.25) is 4.79 Å². The number of morpholine rings is 1. The number of nitrogens with zero attached hydrogens (tertiary/aromatic N) is 2. The third kappa shape index (κ3) is 4.44. The van der Waals surface area contributed by atoms with Crippen molar-refractivity contribution in [2.75, 3.05) is 57.8 Å². The normalized spacial score (nSPS) is 27.2. The van der Waals surface area contributed by atoms with Crippen molar-refractivity contribution >= 4 is 11.6 Å². The minimum absolute atomic E-state index is 0.231. The van der Waals surface area contributed by atoms with Gasteiger partial charge < -0.3 is 24.2 Å². The number of anilines is 1. The number of carbonyl (C=O) groups excluding carboxylic acids is 1. The molecule has 2 fully saturated rings. The molecule has 2 saturated heterocycles. The van der Waals surface area contributed by atoms with Gasteiger partial charge in [0.05, 0.1) is 12.8 Å². The SMILES string of the molecule is COc1ccccc1N1CCN(C(=O)C[NH+]2C[C@@H](C)O[C@H](C)C2)CC1. The van der Waals surface area contributed by atoms with Gasteiger partial charge in [-0.15, -0.1) is 0 Å². The average molecular weight is 348 g/mol. The molecule has 6 heteroatoms. The lowest BCUT2D eigenvalue weighted by Gasteiger charge is -2.38. The first-order valence-corrected chi connectivity index (χ1v) is 9.21. The molecule has 0 saturated carbocycles. The Hall–Kier alpha value is -1.79. The highest BCUT2D eigenvalue weighted by Crippen LogP contribution is 2.28. The van der Waals surface area contributed by atoms with Gasteiger partial charge in [0.15, 0.2) is 6.54 Å². The zero-order valence-electron chi connectivity index (χ0n) is 15.5. The van der Waals surface area contributed by atoms with Crippen molar-refractivity contribution < 1.29 is 19.2 Å². The van der Waals surface area contributed by atoms with E-state index in [0.29, 0.717) is 6.54 Å². The van der Waals surface area contributed by atoms with E-state index in [9.17, 15) is 4.79 Å². The Balaban J connectivity index is 1.52. The number of ether oxygens (including phenoxy) is 2. The van der Waals surface area contributed by atoms with Crippen LogP contribution in [-0.2, 0) is 9.53 Å². The molecule has 0 unspecified atom stereocenters. The summed E-state index contributed by atoms with van der Waals surface area (Å²) in [6, 6.07) is 8.07. The van der Waals surface area contributed by atoms with E-state index in [2.05, 4.69) is 24.8 Å². The second-order valence-corrected chi connectivity index (χ2v) is 7.13. The van der Waals surface area contributed by atoms with Crippen molar-refractivity contribution in [3.05, 3.63) is 24.3 Å². The lowest BCUT2D eigenvalue weighted by atomic mass is 10.2. The molecule has 6 nitrogen and oxygen atoms in total. The van der Waals surface area contributed by atoms with Gasteiger partial charge >= 0.3 is 0 Å². The predicted molar refractivity (Wildman–Crippen MR) is 97.4 cm³/mol. The van der Waals surface area contributed by atoms with Crippen LogP contribution >= 0.6 is 0 Å². The third-order valence-corrected chi connectivity index (χ3v) is 5.08. The van der Waals surface area contributed by atoms with E-state index in [-0.39, 0.29) is 18.1 Å². The zero-order chi connectivity index (χ0) is 17.8. The summed E-state index contributed by atoms with van der Waals surface area (Å²) in [4.78, 5) is 18.3. The maximum Gasteiger partial charge on any atom is 0.277 e. The van der Waals surface area contributed by atoms with E-state index in [0.717, 1.165) is 50.7 Å². The van der Waals surface area contributed by atoms with E-state index in [1.54, 1.807) is 7.11 Å². The lowest BCUT2D eigenvalue weighted by Crippen LogP contribution is -3.16. The summed E-state index contributed by atoms with van der Waals surface area (Å²) < 4.78 is 11.2. The number of benzene rings is 1. The summed E-state index contributed by atoms with van der Waals surface area (Å²) in [5.74, 6) is 1.15. The van der Waals surface area contributed by atoms with Crippen molar-refractivity contribution in [1.29, 1.82) is 0 Å². The number of hydrogen-bond donors (Lipinski definition) is 1. The number of hydrogen-bond acceptors (Lipinski definition) is 4. The molecule has 2 aliphatic rings. The van der Waals surface area contributed by atoms with Gasteiger partial charge in [-0.1, -0.05) is 12.1 Å². The summed E-state index contributed by atoms with van der Waals surface area (Å²) in [6.45, 7) is 9.81. The molecule has 2 aliphatic heterocycles. The Morgan fingerprint density at radius 3 is 2.44 bits per heavy atom. The second kappa shape index (κ2) is 8.06. The fourth-order valence-corrected chi connectivity index (χ4v) is 3.95. The van der Waals surface area contributed by atoms with Gasteiger partial charge in [-0.25, -0.2) is 0 Å². The molecule has 2 atom stereocenters. The third-order valence-electron chi connectivity index (χ3n) is 5.08. The van der Waals surface area contributed by atoms with Gasteiger partial charge in [-0.2, -0.15) is 0 Å². The van der Waals surface area contributed by atoms with Crippen LogP contribution < -0.4 is 14.5 Å². The number of rotatable bonds is 4. The van der Waals surface area contributed by atoms with Crippen LogP contribution in [0.3, 0.4) is 0 Å². The molecule has 1 amide bonds. The Morgan fingerprint density at radius 2 is 1.80 bits per heavy atom. The molecule has 1 aromatic carbocycles. The molecule has 3 rings (SSSR count). The van der Waals surface area contributed by atoms with Crippen LogP contribution in [0.2, 0.25) is 0 Å². The van der Waals surface area contributed by atoms with Crippen LogP contribution in [0.15, 0.2) is 24.3 Å². The highest BCUT2D eigenvalue weighted by Gasteiger charge is 2.30. The molecular weight excluding hydrogens is 318 g/mol. The van der Waals surface area contributed by atoms with Crippen molar-refractivity contribution in [3.63, 3.8) is 0 Å². The fraction of sp³-hybridized carbons (Fsp3) is 0.632. The minimum Gasteiger partial charge on any atom is -0.495 e. The molecule has 0 aromatic heterocycles. The number of carbonyl (C=O) groups is 1. The number of piperazine rings is 1. The van der Waals surface area contributed by atoms with Crippen LogP contribution in [0.1, 0.15) is 13.8 Å². The summed E-state index contributed by atoms with van der Waals surface area (Å²) in [5.41, 5.74) is 1.11. The van der Waals surface area contributed by atoms with Crippen LogP contribution in [-0.4, -0.2) is 75.9 Å². The molecule has 0 bridgehead atoms. The Bertz CT molecular complexity index is 577. The summed E-state index contributed by atoms with van der Waals surface area (Å²) in [7, 11) is 1.70. The highest BCUT2D eigenvalue weighted by atomic mass is 16.5. The van der Waals surface area contributed by atoms with Gasteiger partial charge in [0, 0.05) is 26.2 Å². The second-order valence-electron chi connectivity index (χ2n) is 7.13. The van der Waals surface area contributed by atoms with Crippen molar-refractivity contribution in [3.8, 4) is 5.75 Å². The average Bonchev–Trinajstić information content (AvgIpc) is 2.61. The van der Waals surface area contributed by atoms with E-state index in [1.165, 1.54) is 4.90 Å². The van der Waals surface area contributed by atoms with Crippen LogP contribution in [0.25, 0.3) is 0 Å². The van der Waals surface area contributed by atoms with Crippen molar-refractivity contribution in [1.82, 2.24) is 4.90 Å². The van der Waals surface area contributed by atoms with Crippen LogP contribution in [0.5, 0.6) is 5.75 Å². The standard InChI is InChI=1S/C19H29N3O3/c1-15-12-20(13-16(2)25-15)14-19(23)22-10-8-21(9-11-22)17-6-4-5-7-18(17)24-3/h4-7,15-16H,8-14H2,1-3H3/p+1/t15-,16-/m1/s1. The first-order chi connectivity index (χ1) is 12.1. The van der Waals surface area contributed by atoms with Crippen molar-refractivity contribution in [2.24, 2.45) is 0 Å². The summed E-state index contributed by atoms with van der Waals surface area (Å²) in [6.07, 6.45) is 0.461. The lowest BCUT2D eigenvalue weighted by molar-refractivity contribution is -0.907. The monoisotopic (exact) mass is 348 g/mol. The number of methoxy groups -OCH3 is 1. The van der Waals surface area contributed by atoms with Gasteiger partial charge in [0.1, 0.15) is 31.0 Å². The van der Waals surface area contributed by atoms with E-state index < -0.39 is 0 Å². The van der Waals surface area contributed by atoms with Crippen LogP contribution in [0.4, 0.5) is 5.69 Å². The van der Waals surface area contributed by atoms with Crippen LogP contribution in [0, 0.1) is 0 Å². The molecule has 25 heavy (non-hydrogen) atoms. The van der Waals surface area contributed by atoms with E-state index in [1.807, 2.05) is 23.1 Å². The molecule has 0 radical (unpaired) electrons. The first-order valence-electron chi connectivity index (χ1n) is 9.21. The molecular formula is C19H30N3O3+. The van der Waals surface area contributed by atoms with Gasteiger partial charge in [0.25, 0.3) is 5.91 Å². The highest BCUT2D eigenvalue weighted by molar-refractivity contribution is 5.77. The van der Waals surface area contributed by atoms with E-state index >= 15 is 0 Å². The van der Waals surface area contributed by atoms with Gasteiger partial charge in [0.2, 0.25) is 0 Å². The Kier molecular flexibility index (Phi) is 5.81. The molecule has 2 heterocycles. The summed E-state index contributed by atoms with van der Waals surface area (Å²) in [5, 5.41) is 0. The largest absolute Gasteiger partial charge is 0.495 e. The predicted octanol–water partition coefficient (Wildman–Crippen LogP) is 0.0359. The summed E-state index contributed by atoms with van der Waals surface area (Å²) >= 11 is 0. The number of nitrogens with one attached hydrogen (secondary N) is 1. The fourth-order valence-electron chi connectivity index (χ4n) is 3.95. The topological polar surface area (TPSA) is 46.5 Å². The Labute approximate surface area is 150 Å². The number of amides is 1. The van der Waals surface area contributed by atoms with Crippen molar-refractivity contribution in [2.45, 2.75) is 26.1 Å². The molecule has 138 valence electrons. The quantitative estimate of drug-likeness (QED) is 0.834. The zero-order valence-corrected chi connectivity index (χ0v) is 15.5. The Morgan fingerprint density at radius 1 is 1.16 bits per heavy atom. The minimum atomic E-state index is 0.231. The molecule has 1 N–H and O–H groups in total. The number of quaternary nitrogens is 1.